The van der Waals surface area contributed by atoms with Crippen LogP contribution in [-0.2, 0) is 6.54 Å². The van der Waals surface area contributed by atoms with Gasteiger partial charge in [0.05, 0.1) is 6.54 Å². The molecule has 3 rings (SSSR count). The third-order valence-electron chi connectivity index (χ3n) is 3.31. The monoisotopic (exact) mass is 283 g/mol. The molecule has 0 amide bonds. The molecule has 0 radical (unpaired) electrons. The van der Waals surface area contributed by atoms with E-state index in [-0.39, 0.29) is 5.82 Å². The maximum atomic E-state index is 12.9. The first-order chi connectivity index (χ1) is 10.1. The summed E-state index contributed by atoms with van der Waals surface area (Å²) in [5.41, 5.74) is 9.36. The largest absolute Gasteiger partial charge is 0.399 e. The van der Waals surface area contributed by atoms with Gasteiger partial charge in [0.25, 0.3) is 0 Å². The van der Waals surface area contributed by atoms with Crippen molar-refractivity contribution in [2.75, 3.05) is 5.73 Å². The van der Waals surface area contributed by atoms with E-state index < -0.39 is 0 Å². The van der Waals surface area contributed by atoms with Gasteiger partial charge in [-0.05, 0) is 58.8 Å². The highest BCUT2D eigenvalue weighted by atomic mass is 19.1. The molecule has 0 atom stereocenters. The molecule has 1 heterocycles. The first-order valence-corrected chi connectivity index (χ1v) is 6.50. The second-order valence-corrected chi connectivity index (χ2v) is 4.86. The molecular formula is C15H14FN5. The molecule has 2 N–H and O–H groups in total. The van der Waals surface area contributed by atoms with Crippen LogP contribution in [-0.4, -0.2) is 20.2 Å². The minimum absolute atomic E-state index is 0.259. The van der Waals surface area contributed by atoms with E-state index in [4.69, 9.17) is 5.73 Å². The van der Waals surface area contributed by atoms with Crippen LogP contribution in [0.25, 0.3) is 11.4 Å². The Labute approximate surface area is 121 Å². The van der Waals surface area contributed by atoms with Gasteiger partial charge in [0.15, 0.2) is 5.82 Å². The SMILES string of the molecule is Cc1cc(-c2nnnn2Cc2ccc(F)cc2)ccc1N. The van der Waals surface area contributed by atoms with Crippen LogP contribution < -0.4 is 5.73 Å². The van der Waals surface area contributed by atoms with Crippen molar-refractivity contribution in [1.29, 1.82) is 0 Å². The lowest BCUT2D eigenvalue weighted by atomic mass is 10.1. The van der Waals surface area contributed by atoms with Gasteiger partial charge in [-0.1, -0.05) is 12.1 Å². The summed E-state index contributed by atoms with van der Waals surface area (Å²) in [5.74, 6) is 0.396. The van der Waals surface area contributed by atoms with Crippen molar-refractivity contribution in [3.8, 4) is 11.4 Å². The average molecular weight is 283 g/mol. The second kappa shape index (κ2) is 5.32. The molecule has 0 unspecified atom stereocenters. The number of aryl methyl sites for hydroxylation is 1. The van der Waals surface area contributed by atoms with E-state index in [1.807, 2.05) is 25.1 Å². The van der Waals surface area contributed by atoms with E-state index in [1.165, 1.54) is 12.1 Å². The Morgan fingerprint density at radius 2 is 1.90 bits per heavy atom. The van der Waals surface area contributed by atoms with Crippen LogP contribution in [0.4, 0.5) is 10.1 Å². The Morgan fingerprint density at radius 3 is 2.62 bits per heavy atom. The molecular weight excluding hydrogens is 269 g/mol. The van der Waals surface area contributed by atoms with Gasteiger partial charge >= 0.3 is 0 Å². The fourth-order valence-corrected chi connectivity index (χ4v) is 2.10. The molecule has 0 bridgehead atoms. The van der Waals surface area contributed by atoms with Gasteiger partial charge in [-0.25, -0.2) is 9.07 Å². The highest BCUT2D eigenvalue weighted by Gasteiger charge is 2.10. The number of aromatic nitrogens is 4. The topological polar surface area (TPSA) is 69.6 Å². The normalized spacial score (nSPS) is 10.8. The standard InChI is InChI=1S/C15H14FN5/c1-10-8-12(4-7-14(10)17)15-18-19-20-21(15)9-11-2-5-13(16)6-3-11/h2-8H,9,17H2,1H3. The van der Waals surface area contributed by atoms with E-state index in [1.54, 1.807) is 16.8 Å². The number of anilines is 1. The maximum absolute atomic E-state index is 12.9. The zero-order valence-electron chi connectivity index (χ0n) is 11.5. The molecule has 0 aliphatic rings. The van der Waals surface area contributed by atoms with E-state index in [0.29, 0.717) is 12.4 Å². The number of nitrogens with zero attached hydrogens (tertiary/aromatic N) is 4. The number of tetrazole rings is 1. The highest BCUT2D eigenvalue weighted by Crippen LogP contribution is 2.21. The lowest BCUT2D eigenvalue weighted by Gasteiger charge is -2.07. The predicted octanol–water partition coefficient (Wildman–Crippen LogP) is 2.42. The number of hydrogen-bond acceptors (Lipinski definition) is 4. The number of rotatable bonds is 3. The summed E-state index contributed by atoms with van der Waals surface area (Å²) >= 11 is 0. The van der Waals surface area contributed by atoms with Crippen molar-refractivity contribution < 1.29 is 4.39 Å². The molecule has 0 aliphatic carbocycles. The third kappa shape index (κ3) is 2.74. The van der Waals surface area contributed by atoms with Gasteiger partial charge in [0.1, 0.15) is 5.82 Å². The van der Waals surface area contributed by atoms with Crippen molar-refractivity contribution in [1.82, 2.24) is 20.2 Å². The fourth-order valence-electron chi connectivity index (χ4n) is 2.10. The van der Waals surface area contributed by atoms with Gasteiger partial charge in [-0.3, -0.25) is 0 Å². The van der Waals surface area contributed by atoms with Crippen LogP contribution in [0.2, 0.25) is 0 Å². The summed E-state index contributed by atoms with van der Waals surface area (Å²) in [5, 5.41) is 11.8. The van der Waals surface area contributed by atoms with Crippen LogP contribution in [0.1, 0.15) is 11.1 Å². The number of hydrogen-bond donors (Lipinski definition) is 1. The summed E-state index contributed by atoms with van der Waals surface area (Å²) in [4.78, 5) is 0. The predicted molar refractivity (Wildman–Crippen MR) is 77.9 cm³/mol. The lowest BCUT2D eigenvalue weighted by Crippen LogP contribution is -2.04. The van der Waals surface area contributed by atoms with E-state index in [0.717, 1.165) is 22.4 Å². The van der Waals surface area contributed by atoms with Crippen molar-refractivity contribution >= 4 is 5.69 Å². The molecule has 106 valence electrons. The molecule has 3 aromatic rings. The molecule has 0 saturated carbocycles. The first-order valence-electron chi connectivity index (χ1n) is 6.50. The lowest BCUT2D eigenvalue weighted by molar-refractivity contribution is 0.622. The third-order valence-corrected chi connectivity index (χ3v) is 3.31. The van der Waals surface area contributed by atoms with Gasteiger partial charge in [0, 0.05) is 11.3 Å². The molecule has 0 aliphatic heterocycles. The molecule has 0 saturated heterocycles. The number of halogens is 1. The zero-order chi connectivity index (χ0) is 14.8. The van der Waals surface area contributed by atoms with E-state index in [9.17, 15) is 4.39 Å². The average Bonchev–Trinajstić information content (AvgIpc) is 2.92. The summed E-state index contributed by atoms with van der Waals surface area (Å²) < 4.78 is 14.6. The molecule has 6 heteroatoms. The summed E-state index contributed by atoms with van der Waals surface area (Å²) in [6.07, 6.45) is 0. The van der Waals surface area contributed by atoms with Crippen molar-refractivity contribution in [2.45, 2.75) is 13.5 Å². The molecule has 2 aromatic carbocycles. The smallest absolute Gasteiger partial charge is 0.182 e. The number of nitrogen functional groups attached to an aromatic ring is 1. The van der Waals surface area contributed by atoms with Gasteiger partial charge < -0.3 is 5.73 Å². The van der Waals surface area contributed by atoms with Crippen LogP contribution in [0.3, 0.4) is 0 Å². The second-order valence-electron chi connectivity index (χ2n) is 4.86. The van der Waals surface area contributed by atoms with E-state index in [2.05, 4.69) is 15.5 Å². The molecule has 21 heavy (non-hydrogen) atoms. The van der Waals surface area contributed by atoms with Crippen molar-refractivity contribution in [3.63, 3.8) is 0 Å². The Morgan fingerprint density at radius 1 is 1.14 bits per heavy atom. The first kappa shape index (κ1) is 13.2. The van der Waals surface area contributed by atoms with Crippen LogP contribution >= 0.6 is 0 Å². The Hall–Kier alpha value is -2.76. The Kier molecular flexibility index (Phi) is 3.35. The van der Waals surface area contributed by atoms with Crippen molar-refractivity contribution in [2.24, 2.45) is 0 Å². The highest BCUT2D eigenvalue weighted by molar-refractivity contribution is 5.61. The molecule has 5 nitrogen and oxygen atoms in total. The summed E-state index contributed by atoms with van der Waals surface area (Å²) in [6, 6.07) is 11.9. The molecule has 0 fully saturated rings. The molecule has 1 aromatic heterocycles. The minimum Gasteiger partial charge on any atom is -0.399 e. The number of benzene rings is 2. The minimum atomic E-state index is -0.259. The zero-order valence-corrected chi connectivity index (χ0v) is 11.5. The van der Waals surface area contributed by atoms with E-state index >= 15 is 0 Å². The maximum Gasteiger partial charge on any atom is 0.182 e. The van der Waals surface area contributed by atoms with Gasteiger partial charge in [0.2, 0.25) is 0 Å². The van der Waals surface area contributed by atoms with Crippen LogP contribution in [0.15, 0.2) is 42.5 Å². The summed E-state index contributed by atoms with van der Waals surface area (Å²) in [7, 11) is 0. The van der Waals surface area contributed by atoms with Crippen molar-refractivity contribution in [3.05, 3.63) is 59.4 Å². The molecule has 0 spiro atoms. The van der Waals surface area contributed by atoms with Crippen LogP contribution in [0.5, 0.6) is 0 Å². The Bertz CT molecular complexity index is 764. The van der Waals surface area contributed by atoms with Crippen LogP contribution in [0, 0.1) is 12.7 Å². The fraction of sp³-hybridized carbons (Fsp3) is 0.133. The number of nitrogens with two attached hydrogens (primary N) is 1. The quantitative estimate of drug-likeness (QED) is 0.749. The van der Waals surface area contributed by atoms with Gasteiger partial charge in [-0.15, -0.1) is 5.10 Å². The van der Waals surface area contributed by atoms with Gasteiger partial charge in [-0.2, -0.15) is 0 Å². The summed E-state index contributed by atoms with van der Waals surface area (Å²) in [6.45, 7) is 2.42. The Balaban J connectivity index is 1.93.